The van der Waals surface area contributed by atoms with Gasteiger partial charge in [0, 0.05) is 16.3 Å². The molecule has 0 heterocycles. The fraction of sp³-hybridized carbons (Fsp3) is 0.364. The molecule has 0 fully saturated rings. The van der Waals surface area contributed by atoms with E-state index in [9.17, 15) is 18.0 Å². The molecule has 106 valence electrons. The minimum absolute atomic E-state index is 0.0428. The Morgan fingerprint density at radius 2 is 2.00 bits per heavy atom. The zero-order valence-electron chi connectivity index (χ0n) is 9.48. The van der Waals surface area contributed by atoms with Crippen molar-refractivity contribution in [2.24, 2.45) is 0 Å². The Balaban J connectivity index is 3.02. The van der Waals surface area contributed by atoms with Crippen molar-refractivity contribution >= 4 is 49.4 Å². The first-order valence-corrected chi connectivity index (χ1v) is 7.41. The molecule has 2 nitrogen and oxygen atoms in total. The molecule has 0 aliphatic heterocycles. The minimum atomic E-state index is -4.45. The van der Waals surface area contributed by atoms with Crippen molar-refractivity contribution in [3.05, 3.63) is 33.3 Å². The van der Waals surface area contributed by atoms with Gasteiger partial charge in [0.1, 0.15) is 6.54 Å². The van der Waals surface area contributed by atoms with Gasteiger partial charge in [-0.2, -0.15) is 13.2 Å². The lowest BCUT2D eigenvalue weighted by molar-refractivity contribution is -0.140. The van der Waals surface area contributed by atoms with E-state index < -0.39 is 18.6 Å². The van der Waals surface area contributed by atoms with Gasteiger partial charge in [-0.05, 0) is 18.2 Å². The van der Waals surface area contributed by atoms with Crippen molar-refractivity contribution in [3.63, 3.8) is 0 Å². The van der Waals surface area contributed by atoms with Crippen molar-refractivity contribution in [2.45, 2.75) is 6.18 Å². The van der Waals surface area contributed by atoms with E-state index in [1.807, 2.05) is 0 Å². The fourth-order valence-corrected chi connectivity index (χ4v) is 2.39. The van der Waals surface area contributed by atoms with Gasteiger partial charge in [-0.1, -0.05) is 43.5 Å². The van der Waals surface area contributed by atoms with Crippen LogP contribution in [0.3, 0.4) is 0 Å². The average Bonchev–Trinajstić information content (AvgIpc) is 2.29. The summed E-state index contributed by atoms with van der Waals surface area (Å²) in [5, 5.41) is 0.371. The Kier molecular flexibility index (Phi) is 6.14. The molecule has 1 amide bonds. The van der Waals surface area contributed by atoms with Gasteiger partial charge in [0.2, 0.25) is 0 Å². The summed E-state index contributed by atoms with van der Waals surface area (Å²) >= 11 is 12.0. The van der Waals surface area contributed by atoms with Crippen molar-refractivity contribution in [2.75, 3.05) is 18.4 Å². The van der Waals surface area contributed by atoms with E-state index in [1.54, 1.807) is 6.07 Å². The third-order valence-electron chi connectivity index (χ3n) is 2.17. The van der Waals surface area contributed by atoms with Crippen molar-refractivity contribution in [1.82, 2.24) is 4.90 Å². The molecule has 0 atom stereocenters. The van der Waals surface area contributed by atoms with Crippen molar-refractivity contribution in [1.29, 1.82) is 0 Å². The van der Waals surface area contributed by atoms with Crippen LogP contribution in [0.25, 0.3) is 0 Å². The summed E-state index contributed by atoms with van der Waals surface area (Å²) in [5.74, 6) is -0.747. The molecule has 0 spiro atoms. The molecule has 19 heavy (non-hydrogen) atoms. The first-order chi connectivity index (χ1) is 8.74. The summed E-state index contributed by atoms with van der Waals surface area (Å²) in [4.78, 5) is 12.8. The highest BCUT2D eigenvalue weighted by atomic mass is 79.9. The van der Waals surface area contributed by atoms with Gasteiger partial charge in [0.15, 0.2) is 0 Å². The summed E-state index contributed by atoms with van der Waals surface area (Å²) < 4.78 is 37.9. The predicted molar refractivity (Wildman–Crippen MR) is 74.9 cm³/mol. The van der Waals surface area contributed by atoms with Crippen LogP contribution < -0.4 is 0 Å². The van der Waals surface area contributed by atoms with Crippen LogP contribution >= 0.6 is 43.5 Å². The molecule has 1 rings (SSSR count). The van der Waals surface area contributed by atoms with Gasteiger partial charge in [-0.25, -0.2) is 0 Å². The molecule has 0 N–H and O–H groups in total. The second kappa shape index (κ2) is 6.95. The smallest absolute Gasteiger partial charge is 0.329 e. The molecule has 0 saturated heterocycles. The highest BCUT2D eigenvalue weighted by Crippen LogP contribution is 2.24. The van der Waals surface area contributed by atoms with Crippen LogP contribution in [0.4, 0.5) is 13.2 Å². The van der Waals surface area contributed by atoms with E-state index in [-0.39, 0.29) is 22.5 Å². The van der Waals surface area contributed by atoms with E-state index in [0.717, 1.165) is 0 Å². The quantitative estimate of drug-likeness (QED) is 0.653. The Bertz CT molecular complexity index is 468. The number of nitrogens with zero attached hydrogens (tertiary/aromatic N) is 1. The van der Waals surface area contributed by atoms with E-state index >= 15 is 0 Å². The van der Waals surface area contributed by atoms with Crippen molar-refractivity contribution < 1.29 is 18.0 Å². The summed E-state index contributed by atoms with van der Waals surface area (Å²) in [7, 11) is 0. The summed E-state index contributed by atoms with van der Waals surface area (Å²) in [6.45, 7) is -1.36. The van der Waals surface area contributed by atoms with Gasteiger partial charge in [0.25, 0.3) is 5.91 Å². The van der Waals surface area contributed by atoms with Crippen molar-refractivity contribution in [3.8, 4) is 0 Å². The molecule has 0 saturated carbocycles. The molecule has 8 heteroatoms. The third-order valence-corrected chi connectivity index (χ3v) is 3.35. The Morgan fingerprint density at radius 3 is 2.53 bits per heavy atom. The van der Waals surface area contributed by atoms with E-state index in [4.69, 9.17) is 11.6 Å². The lowest BCUT2D eigenvalue weighted by atomic mass is 10.2. The first kappa shape index (κ1) is 16.8. The number of hydrogen-bond donors (Lipinski definition) is 0. The Labute approximate surface area is 130 Å². The highest BCUT2D eigenvalue weighted by Gasteiger charge is 2.33. The summed E-state index contributed by atoms with van der Waals surface area (Å²) in [6.07, 6.45) is -4.45. The molecular formula is C11H9Br2ClF3NO. The lowest BCUT2D eigenvalue weighted by Crippen LogP contribution is -2.40. The zero-order chi connectivity index (χ0) is 14.6. The van der Waals surface area contributed by atoms with Crippen LogP contribution in [-0.2, 0) is 0 Å². The molecule has 0 aliphatic rings. The lowest BCUT2D eigenvalue weighted by Gasteiger charge is -2.23. The van der Waals surface area contributed by atoms with Crippen LogP contribution in [-0.4, -0.2) is 35.4 Å². The van der Waals surface area contributed by atoms with Crippen LogP contribution in [0.15, 0.2) is 22.7 Å². The number of amides is 1. The van der Waals surface area contributed by atoms with Crippen LogP contribution in [0.5, 0.6) is 0 Å². The van der Waals surface area contributed by atoms with Gasteiger partial charge < -0.3 is 4.90 Å². The van der Waals surface area contributed by atoms with Gasteiger partial charge in [0.05, 0.1) is 10.6 Å². The monoisotopic (exact) mass is 421 g/mol. The summed E-state index contributed by atoms with van der Waals surface area (Å²) in [6, 6.07) is 4.47. The standard InChI is InChI=1S/C11H9Br2ClF3NO/c12-3-4-18(6-11(15,16)17)10(19)8-5-7(13)1-2-9(8)14/h1-2,5H,3-4,6H2. The number of benzene rings is 1. The first-order valence-electron chi connectivity index (χ1n) is 5.11. The molecule has 0 aromatic heterocycles. The predicted octanol–water partition coefficient (Wildman–Crippen LogP) is 4.50. The maximum absolute atomic E-state index is 12.4. The Morgan fingerprint density at radius 1 is 1.37 bits per heavy atom. The topological polar surface area (TPSA) is 20.3 Å². The second-order valence-corrected chi connectivity index (χ2v) is 5.77. The van der Waals surface area contributed by atoms with Crippen LogP contribution in [0.1, 0.15) is 10.4 Å². The molecular weight excluding hydrogens is 414 g/mol. The maximum Gasteiger partial charge on any atom is 0.406 e. The van der Waals surface area contributed by atoms with Crippen LogP contribution in [0, 0.1) is 0 Å². The zero-order valence-corrected chi connectivity index (χ0v) is 13.4. The number of alkyl halides is 4. The fourth-order valence-electron chi connectivity index (χ4n) is 1.40. The van der Waals surface area contributed by atoms with Crippen LogP contribution in [0.2, 0.25) is 5.02 Å². The molecule has 1 aromatic carbocycles. The van der Waals surface area contributed by atoms with E-state index in [0.29, 0.717) is 9.37 Å². The minimum Gasteiger partial charge on any atom is -0.329 e. The third kappa shape index (κ3) is 5.31. The maximum atomic E-state index is 12.4. The molecule has 0 radical (unpaired) electrons. The van der Waals surface area contributed by atoms with Gasteiger partial charge in [-0.15, -0.1) is 0 Å². The number of rotatable bonds is 4. The van der Waals surface area contributed by atoms with Gasteiger partial charge in [-0.3, -0.25) is 4.79 Å². The number of hydrogen-bond acceptors (Lipinski definition) is 1. The largest absolute Gasteiger partial charge is 0.406 e. The Hall–Kier alpha value is -0.270. The second-order valence-electron chi connectivity index (χ2n) is 3.66. The van der Waals surface area contributed by atoms with E-state index in [1.165, 1.54) is 12.1 Å². The van der Waals surface area contributed by atoms with Gasteiger partial charge >= 0.3 is 6.18 Å². The normalized spacial score (nSPS) is 11.5. The van der Waals surface area contributed by atoms with E-state index in [2.05, 4.69) is 31.9 Å². The number of halogens is 6. The molecule has 0 aliphatic carbocycles. The highest BCUT2D eigenvalue weighted by molar-refractivity contribution is 9.10. The molecule has 1 aromatic rings. The summed E-state index contributed by atoms with van der Waals surface area (Å²) in [5.41, 5.74) is 0.0428. The molecule has 0 bridgehead atoms. The number of carbonyl (C=O) groups is 1. The average molecular weight is 423 g/mol. The number of carbonyl (C=O) groups excluding carboxylic acids is 1. The molecule has 0 unspecified atom stereocenters. The SMILES string of the molecule is O=C(c1cc(Br)ccc1Cl)N(CCBr)CC(F)(F)F.